The number of para-hydroxylation sites is 2. The van der Waals surface area contributed by atoms with E-state index in [1.807, 2.05) is 31.2 Å². The van der Waals surface area contributed by atoms with Crippen LogP contribution in [-0.4, -0.2) is 35.1 Å². The number of anilines is 1. The molecule has 0 aliphatic carbocycles. The van der Waals surface area contributed by atoms with Crippen molar-refractivity contribution in [3.05, 3.63) is 84.4 Å². The molecule has 1 N–H and O–H groups in total. The molecule has 174 valence electrons. The highest BCUT2D eigenvalue weighted by molar-refractivity contribution is 7.92. The number of nitrogens with one attached hydrogen (secondary N) is 1. The summed E-state index contributed by atoms with van der Waals surface area (Å²) in [4.78, 5) is 13.2. The molecule has 0 radical (unpaired) electrons. The molecule has 1 atom stereocenters. The first-order valence-electron chi connectivity index (χ1n) is 10.5. The predicted molar refractivity (Wildman–Crippen MR) is 128 cm³/mol. The Kier molecular flexibility index (Phi) is 7.95. The third-order valence-electron chi connectivity index (χ3n) is 5.23. The Morgan fingerprint density at radius 3 is 2.15 bits per heavy atom. The van der Waals surface area contributed by atoms with Crippen LogP contribution < -0.4 is 19.1 Å². The lowest BCUT2D eigenvalue weighted by Gasteiger charge is -2.27. The summed E-state index contributed by atoms with van der Waals surface area (Å²) < 4.78 is 38.7. The molecule has 3 aromatic rings. The molecule has 0 unspecified atom stereocenters. The maximum Gasteiger partial charge on any atom is 0.264 e. The van der Waals surface area contributed by atoms with Gasteiger partial charge in [0.05, 0.1) is 30.8 Å². The Hall–Kier alpha value is -3.52. The molecule has 33 heavy (non-hydrogen) atoms. The molecule has 3 rings (SSSR count). The zero-order valence-corrected chi connectivity index (χ0v) is 19.7. The highest BCUT2D eigenvalue weighted by atomic mass is 32.2. The van der Waals surface area contributed by atoms with E-state index in [2.05, 4.69) is 5.32 Å². The third-order valence-corrected chi connectivity index (χ3v) is 7.01. The number of hydrogen-bond donors (Lipinski definition) is 1. The Morgan fingerprint density at radius 2 is 1.55 bits per heavy atom. The minimum absolute atomic E-state index is 0.0888. The van der Waals surface area contributed by atoms with Gasteiger partial charge >= 0.3 is 0 Å². The van der Waals surface area contributed by atoms with Gasteiger partial charge in [0.2, 0.25) is 5.91 Å². The van der Waals surface area contributed by atoms with Gasteiger partial charge in [0, 0.05) is 0 Å². The fraction of sp³-hybridized carbons (Fsp3) is 0.240. The van der Waals surface area contributed by atoms with Crippen LogP contribution in [0.4, 0.5) is 5.69 Å². The van der Waals surface area contributed by atoms with Crippen LogP contribution >= 0.6 is 0 Å². The molecular formula is C25H28N2O5S. The van der Waals surface area contributed by atoms with Crippen molar-refractivity contribution >= 4 is 21.6 Å². The number of benzene rings is 3. The SMILES string of the molecule is CC[C@H](NC(=O)CN(c1ccccc1OC)S(=O)(=O)c1ccccc1)c1ccc(OC)cc1. The summed E-state index contributed by atoms with van der Waals surface area (Å²) in [5.74, 6) is 0.645. The second-order valence-electron chi connectivity index (χ2n) is 7.30. The normalized spacial score (nSPS) is 12.0. The summed E-state index contributed by atoms with van der Waals surface area (Å²) in [6.45, 7) is 1.55. The van der Waals surface area contributed by atoms with E-state index >= 15 is 0 Å². The first kappa shape index (κ1) is 24.1. The van der Waals surface area contributed by atoms with Crippen LogP contribution in [0, 0.1) is 0 Å². The van der Waals surface area contributed by atoms with E-state index in [1.54, 1.807) is 49.6 Å². The maximum atomic E-state index is 13.5. The number of methoxy groups -OCH3 is 2. The smallest absolute Gasteiger partial charge is 0.264 e. The maximum absolute atomic E-state index is 13.5. The molecule has 0 saturated heterocycles. The average molecular weight is 469 g/mol. The number of carbonyl (C=O) groups is 1. The minimum atomic E-state index is -4.02. The summed E-state index contributed by atoms with van der Waals surface area (Å²) in [5.41, 5.74) is 1.19. The zero-order valence-electron chi connectivity index (χ0n) is 18.9. The summed E-state index contributed by atoms with van der Waals surface area (Å²) in [6, 6.07) is 21.9. The number of rotatable bonds is 10. The molecule has 7 nitrogen and oxygen atoms in total. The van der Waals surface area contributed by atoms with E-state index in [0.29, 0.717) is 12.2 Å². The standard InChI is InChI=1S/C25H28N2O5S/c1-4-22(19-14-16-20(31-2)17-15-19)26-25(28)18-27(23-12-8-9-13-24(23)32-3)33(29,30)21-10-6-5-7-11-21/h5-17,22H,4,18H2,1-3H3,(H,26,28)/t22-/m0/s1. The molecule has 0 aromatic heterocycles. The van der Waals surface area contributed by atoms with E-state index in [0.717, 1.165) is 15.6 Å². The Morgan fingerprint density at radius 1 is 0.909 bits per heavy atom. The summed E-state index contributed by atoms with van der Waals surface area (Å²) in [7, 11) is -0.970. The number of nitrogens with zero attached hydrogens (tertiary/aromatic N) is 1. The Bertz CT molecular complexity index is 1160. The second kappa shape index (κ2) is 10.9. The lowest BCUT2D eigenvalue weighted by atomic mass is 10.0. The predicted octanol–water partition coefficient (Wildman–Crippen LogP) is 4.17. The van der Waals surface area contributed by atoms with Crippen molar-refractivity contribution in [3.8, 4) is 11.5 Å². The first-order chi connectivity index (χ1) is 15.9. The first-order valence-corrected chi connectivity index (χ1v) is 12.0. The number of ether oxygens (including phenoxy) is 2. The number of carbonyl (C=O) groups excluding carboxylic acids is 1. The van der Waals surface area contributed by atoms with E-state index in [9.17, 15) is 13.2 Å². The molecule has 3 aromatic carbocycles. The van der Waals surface area contributed by atoms with E-state index in [-0.39, 0.29) is 16.6 Å². The number of amides is 1. The van der Waals surface area contributed by atoms with Crippen LogP contribution in [0.3, 0.4) is 0 Å². The van der Waals surface area contributed by atoms with Gasteiger partial charge in [-0.05, 0) is 48.4 Å². The van der Waals surface area contributed by atoms with Crippen LogP contribution in [0.5, 0.6) is 11.5 Å². The molecule has 1 amide bonds. The van der Waals surface area contributed by atoms with Crippen molar-refractivity contribution in [2.45, 2.75) is 24.3 Å². The zero-order chi connectivity index (χ0) is 23.8. The van der Waals surface area contributed by atoms with Crippen molar-refractivity contribution < 1.29 is 22.7 Å². The van der Waals surface area contributed by atoms with Crippen molar-refractivity contribution in [3.63, 3.8) is 0 Å². The van der Waals surface area contributed by atoms with Crippen molar-refractivity contribution in [2.75, 3.05) is 25.1 Å². The van der Waals surface area contributed by atoms with Gasteiger partial charge in [0.15, 0.2) is 0 Å². The lowest BCUT2D eigenvalue weighted by Crippen LogP contribution is -2.42. The van der Waals surface area contributed by atoms with E-state index in [1.165, 1.54) is 19.2 Å². The Balaban J connectivity index is 1.91. The highest BCUT2D eigenvalue weighted by Gasteiger charge is 2.29. The second-order valence-corrected chi connectivity index (χ2v) is 9.16. The molecule has 0 aliphatic heterocycles. The molecule has 0 spiro atoms. The van der Waals surface area contributed by atoms with Crippen molar-refractivity contribution in [1.29, 1.82) is 0 Å². The Labute approximate surface area is 195 Å². The van der Waals surface area contributed by atoms with E-state index < -0.39 is 22.5 Å². The quantitative estimate of drug-likeness (QED) is 0.483. The largest absolute Gasteiger partial charge is 0.497 e. The van der Waals surface area contributed by atoms with Gasteiger partial charge in [-0.25, -0.2) is 8.42 Å². The minimum Gasteiger partial charge on any atom is -0.497 e. The fourth-order valence-corrected chi connectivity index (χ4v) is 4.94. The average Bonchev–Trinajstić information content (AvgIpc) is 2.86. The monoisotopic (exact) mass is 468 g/mol. The molecular weight excluding hydrogens is 440 g/mol. The van der Waals surface area contributed by atoms with Gasteiger partial charge < -0.3 is 14.8 Å². The van der Waals surface area contributed by atoms with Gasteiger partial charge in [-0.2, -0.15) is 0 Å². The number of sulfonamides is 1. The summed E-state index contributed by atoms with van der Waals surface area (Å²) >= 11 is 0. The molecule has 0 saturated carbocycles. The fourth-order valence-electron chi connectivity index (χ4n) is 3.48. The molecule has 0 aliphatic rings. The highest BCUT2D eigenvalue weighted by Crippen LogP contribution is 2.32. The molecule has 0 fully saturated rings. The summed E-state index contributed by atoms with van der Waals surface area (Å²) in [5, 5.41) is 2.96. The summed E-state index contributed by atoms with van der Waals surface area (Å²) in [6.07, 6.45) is 0.637. The topological polar surface area (TPSA) is 84.9 Å². The van der Waals surface area contributed by atoms with Crippen molar-refractivity contribution in [1.82, 2.24) is 5.32 Å². The van der Waals surface area contributed by atoms with E-state index in [4.69, 9.17) is 9.47 Å². The van der Waals surface area contributed by atoms with Gasteiger partial charge in [-0.3, -0.25) is 9.10 Å². The van der Waals surface area contributed by atoms with Crippen LogP contribution in [0.1, 0.15) is 24.9 Å². The van der Waals surface area contributed by atoms with Gasteiger partial charge in [-0.1, -0.05) is 49.4 Å². The number of hydrogen-bond acceptors (Lipinski definition) is 5. The van der Waals surface area contributed by atoms with Crippen LogP contribution in [0.15, 0.2) is 83.8 Å². The van der Waals surface area contributed by atoms with Gasteiger partial charge in [0.1, 0.15) is 18.0 Å². The van der Waals surface area contributed by atoms with Crippen LogP contribution in [0.2, 0.25) is 0 Å². The van der Waals surface area contributed by atoms with Gasteiger partial charge in [-0.15, -0.1) is 0 Å². The van der Waals surface area contributed by atoms with Gasteiger partial charge in [0.25, 0.3) is 10.0 Å². The molecule has 8 heteroatoms. The molecule has 0 bridgehead atoms. The lowest BCUT2D eigenvalue weighted by molar-refractivity contribution is -0.120. The van der Waals surface area contributed by atoms with Crippen LogP contribution in [0.25, 0.3) is 0 Å². The molecule has 0 heterocycles. The van der Waals surface area contributed by atoms with Crippen molar-refractivity contribution in [2.24, 2.45) is 0 Å². The third kappa shape index (κ3) is 5.64. The van der Waals surface area contributed by atoms with Crippen LogP contribution in [-0.2, 0) is 14.8 Å².